The number of azo groups is 1. The molecule has 2 aromatic carbocycles. The van der Waals surface area contributed by atoms with Crippen molar-refractivity contribution in [2.45, 2.75) is 60.0 Å². The number of aromatic nitrogens is 1. The average molecular weight is 465 g/mol. The highest BCUT2D eigenvalue weighted by molar-refractivity contribution is 5.95. The van der Waals surface area contributed by atoms with E-state index in [9.17, 15) is 9.90 Å². The number of aromatic hydroxyl groups is 1. The molecule has 0 bridgehead atoms. The molecule has 0 aliphatic heterocycles. The molecule has 3 aromatic rings. The van der Waals surface area contributed by atoms with Crippen molar-refractivity contribution in [3.8, 4) is 11.6 Å². The number of ether oxygens (including phenoxy) is 1. The van der Waals surface area contributed by atoms with Crippen LogP contribution < -0.4 is 4.74 Å². The van der Waals surface area contributed by atoms with Crippen molar-refractivity contribution >= 4 is 22.5 Å². The first-order valence-electron chi connectivity index (χ1n) is 12.1. The summed E-state index contributed by atoms with van der Waals surface area (Å²) in [4.78, 5) is 14.7. The summed E-state index contributed by atoms with van der Waals surface area (Å²) >= 11 is 0. The maximum absolute atomic E-state index is 12.4. The average Bonchev–Trinajstić information content (AvgIpc) is 3.09. The van der Waals surface area contributed by atoms with Gasteiger partial charge in [0.05, 0.1) is 12.2 Å². The van der Waals surface area contributed by atoms with E-state index in [2.05, 4.69) is 29.0 Å². The SMILES string of the molecule is CCCCN(CCCC)Cn1c(O)c(N=NC(=O)COc2c(C)cccc2C)c2ccccc21. The molecule has 1 aromatic heterocycles. The quantitative estimate of drug-likeness (QED) is 0.310. The number of carbonyl (C=O) groups is 1. The van der Waals surface area contributed by atoms with Gasteiger partial charge < -0.3 is 9.84 Å². The predicted molar refractivity (Wildman–Crippen MR) is 136 cm³/mol. The number of rotatable bonds is 12. The van der Waals surface area contributed by atoms with Crippen LogP contribution in [-0.4, -0.2) is 40.2 Å². The number of unbranched alkanes of at least 4 members (excludes halogenated alkanes) is 2. The van der Waals surface area contributed by atoms with Crippen LogP contribution in [0.3, 0.4) is 0 Å². The van der Waals surface area contributed by atoms with Gasteiger partial charge in [0.2, 0.25) is 5.88 Å². The largest absolute Gasteiger partial charge is 0.493 e. The highest BCUT2D eigenvalue weighted by atomic mass is 16.5. The summed E-state index contributed by atoms with van der Waals surface area (Å²) in [5.74, 6) is 0.197. The fraction of sp³-hybridized carbons (Fsp3) is 0.444. The first kappa shape index (κ1) is 25.4. The third-order valence-electron chi connectivity index (χ3n) is 5.92. The van der Waals surface area contributed by atoms with Crippen LogP contribution in [0, 0.1) is 13.8 Å². The summed E-state index contributed by atoms with van der Waals surface area (Å²) in [5, 5.41) is 19.8. The summed E-state index contributed by atoms with van der Waals surface area (Å²) in [6.45, 7) is 10.5. The van der Waals surface area contributed by atoms with Crippen LogP contribution in [0.2, 0.25) is 0 Å². The fourth-order valence-corrected chi connectivity index (χ4v) is 4.03. The maximum Gasteiger partial charge on any atom is 0.302 e. The normalized spacial score (nSPS) is 11.7. The van der Waals surface area contributed by atoms with Crippen molar-refractivity contribution < 1.29 is 14.6 Å². The van der Waals surface area contributed by atoms with Crippen LogP contribution in [0.1, 0.15) is 50.7 Å². The molecule has 7 nitrogen and oxygen atoms in total. The van der Waals surface area contributed by atoms with E-state index in [0.29, 0.717) is 18.1 Å². The molecule has 1 N–H and O–H groups in total. The Morgan fingerprint density at radius 2 is 1.65 bits per heavy atom. The van der Waals surface area contributed by atoms with Gasteiger partial charge in [-0.2, -0.15) is 0 Å². The molecule has 34 heavy (non-hydrogen) atoms. The highest BCUT2D eigenvalue weighted by Gasteiger charge is 2.19. The summed E-state index contributed by atoms with van der Waals surface area (Å²) in [7, 11) is 0. The summed E-state index contributed by atoms with van der Waals surface area (Å²) in [5.41, 5.74) is 3.09. The minimum Gasteiger partial charge on any atom is -0.493 e. The second kappa shape index (κ2) is 12.3. The molecule has 0 saturated heterocycles. The Balaban J connectivity index is 1.80. The van der Waals surface area contributed by atoms with Gasteiger partial charge in [0.1, 0.15) is 5.75 Å². The third-order valence-corrected chi connectivity index (χ3v) is 5.92. The topological polar surface area (TPSA) is 79.4 Å². The van der Waals surface area contributed by atoms with E-state index in [1.165, 1.54) is 0 Å². The lowest BCUT2D eigenvalue weighted by Gasteiger charge is -2.23. The molecule has 182 valence electrons. The summed E-state index contributed by atoms with van der Waals surface area (Å²) in [6, 6.07) is 13.5. The lowest BCUT2D eigenvalue weighted by atomic mass is 10.1. The van der Waals surface area contributed by atoms with E-state index in [4.69, 9.17) is 4.74 Å². The third kappa shape index (κ3) is 6.23. The van der Waals surface area contributed by atoms with Gasteiger partial charge in [0.15, 0.2) is 12.3 Å². The van der Waals surface area contributed by atoms with Crippen LogP contribution in [0.4, 0.5) is 5.69 Å². The van der Waals surface area contributed by atoms with E-state index < -0.39 is 5.91 Å². The number of hydrogen-bond acceptors (Lipinski definition) is 5. The molecular formula is C27H36N4O3. The molecule has 1 heterocycles. The lowest BCUT2D eigenvalue weighted by molar-refractivity contribution is -0.120. The molecule has 0 radical (unpaired) electrons. The maximum atomic E-state index is 12.4. The van der Waals surface area contributed by atoms with Gasteiger partial charge in [-0.25, -0.2) is 0 Å². The monoisotopic (exact) mass is 464 g/mol. The van der Waals surface area contributed by atoms with Crippen molar-refractivity contribution in [1.29, 1.82) is 0 Å². The van der Waals surface area contributed by atoms with E-state index in [0.717, 1.165) is 60.8 Å². The highest BCUT2D eigenvalue weighted by Crippen LogP contribution is 2.39. The molecule has 0 fully saturated rings. The molecule has 0 atom stereocenters. The van der Waals surface area contributed by atoms with Gasteiger partial charge in [-0.05, 0) is 57.0 Å². The lowest BCUT2D eigenvalue weighted by Crippen LogP contribution is -2.28. The molecule has 0 unspecified atom stereocenters. The van der Waals surface area contributed by atoms with Gasteiger partial charge in [0.25, 0.3) is 0 Å². The Hall–Kier alpha value is -3.19. The zero-order valence-electron chi connectivity index (χ0n) is 20.8. The van der Waals surface area contributed by atoms with Crippen LogP contribution >= 0.6 is 0 Å². The molecule has 0 aliphatic carbocycles. The van der Waals surface area contributed by atoms with Gasteiger partial charge in [-0.3, -0.25) is 14.3 Å². The number of fused-ring (bicyclic) bond motifs is 1. The van der Waals surface area contributed by atoms with Crippen molar-refractivity contribution in [2.75, 3.05) is 19.7 Å². The van der Waals surface area contributed by atoms with Crippen molar-refractivity contribution in [3.63, 3.8) is 0 Å². The minimum atomic E-state index is -0.508. The van der Waals surface area contributed by atoms with Crippen molar-refractivity contribution in [3.05, 3.63) is 53.6 Å². The standard InChI is InChI=1S/C27H36N4O3/c1-5-7-16-30(17-8-6-2)19-31-23-15-10-9-14-22(23)25(27(31)33)29-28-24(32)18-34-26-20(3)12-11-13-21(26)4/h9-15,33H,5-8,16-19H2,1-4H3. The molecule has 0 saturated carbocycles. The number of hydrogen-bond donors (Lipinski definition) is 1. The van der Waals surface area contributed by atoms with Gasteiger partial charge in [-0.15, -0.1) is 10.2 Å². The number of benzene rings is 2. The number of carbonyl (C=O) groups excluding carboxylic acids is 1. The van der Waals surface area contributed by atoms with E-state index >= 15 is 0 Å². The van der Waals surface area contributed by atoms with Crippen LogP contribution in [0.5, 0.6) is 11.6 Å². The molecule has 0 aliphatic rings. The van der Waals surface area contributed by atoms with E-state index in [1.807, 2.05) is 60.9 Å². The molecule has 7 heteroatoms. The zero-order chi connectivity index (χ0) is 24.5. The predicted octanol–water partition coefficient (Wildman–Crippen LogP) is 6.51. The summed E-state index contributed by atoms with van der Waals surface area (Å²) in [6.07, 6.45) is 4.44. The van der Waals surface area contributed by atoms with Gasteiger partial charge in [0, 0.05) is 5.39 Å². The zero-order valence-corrected chi connectivity index (χ0v) is 20.8. The molecular weight excluding hydrogens is 428 g/mol. The number of aryl methyl sites for hydroxylation is 2. The Labute approximate surface area is 202 Å². The number of para-hydroxylation sites is 2. The minimum absolute atomic E-state index is 0.0198. The molecule has 0 spiro atoms. The number of nitrogens with zero attached hydrogens (tertiary/aromatic N) is 4. The van der Waals surface area contributed by atoms with Crippen LogP contribution in [-0.2, 0) is 11.5 Å². The Bertz CT molecular complexity index is 1110. The molecule has 3 rings (SSSR count). The van der Waals surface area contributed by atoms with Crippen LogP contribution in [0.15, 0.2) is 52.7 Å². The smallest absolute Gasteiger partial charge is 0.302 e. The summed E-state index contributed by atoms with van der Waals surface area (Å²) < 4.78 is 7.54. The van der Waals surface area contributed by atoms with Crippen LogP contribution in [0.25, 0.3) is 10.9 Å². The number of amides is 1. The van der Waals surface area contributed by atoms with E-state index in [1.54, 1.807) is 0 Å². The Kier molecular flexibility index (Phi) is 9.22. The van der Waals surface area contributed by atoms with Gasteiger partial charge in [-0.1, -0.05) is 63.1 Å². The molecule has 1 amide bonds. The van der Waals surface area contributed by atoms with Gasteiger partial charge >= 0.3 is 5.91 Å². The van der Waals surface area contributed by atoms with Crippen molar-refractivity contribution in [2.24, 2.45) is 10.2 Å². The first-order valence-corrected chi connectivity index (χ1v) is 12.1. The van der Waals surface area contributed by atoms with Crippen molar-refractivity contribution in [1.82, 2.24) is 9.47 Å². The first-order chi connectivity index (χ1) is 16.5. The van der Waals surface area contributed by atoms with E-state index in [-0.39, 0.29) is 12.5 Å². The second-order valence-corrected chi connectivity index (χ2v) is 8.69. The second-order valence-electron chi connectivity index (χ2n) is 8.69. The Morgan fingerprint density at radius 1 is 1.00 bits per heavy atom. The fourth-order valence-electron chi connectivity index (χ4n) is 4.03. The Morgan fingerprint density at radius 3 is 2.29 bits per heavy atom.